The lowest BCUT2D eigenvalue weighted by atomic mass is 9.81. The highest BCUT2D eigenvalue weighted by atomic mass is 16.5. The topological polar surface area (TPSA) is 87.3 Å². The van der Waals surface area contributed by atoms with E-state index in [1.165, 1.54) is 4.90 Å². The fourth-order valence-electron chi connectivity index (χ4n) is 3.56. The number of carbonyl (C=O) groups is 2. The minimum Gasteiger partial charge on any atom is -0.489 e. The molecule has 0 saturated carbocycles. The highest BCUT2D eigenvalue weighted by Gasteiger charge is 2.32. The molecule has 0 spiro atoms. The van der Waals surface area contributed by atoms with Gasteiger partial charge in [0.25, 0.3) is 11.8 Å². The standard InChI is InChI=1S/C23H24N4O3/c1-23(2,15-9-5-4-6-10-15)20-13-16(25-26-20)21(28)24-17-14-30-19-12-8-7-11-18(19)27(3)22(17)29/h4-13,17H,14H2,1-3H3,(H,24,28)(H,25,26)/t17-/m0/s1. The van der Waals surface area contributed by atoms with E-state index in [0.29, 0.717) is 11.4 Å². The Morgan fingerprint density at radius 1 is 1.17 bits per heavy atom. The average Bonchev–Trinajstić information content (AvgIpc) is 3.24. The first-order valence-electron chi connectivity index (χ1n) is 9.79. The van der Waals surface area contributed by atoms with Gasteiger partial charge in [-0.1, -0.05) is 56.3 Å². The zero-order valence-electron chi connectivity index (χ0n) is 17.2. The van der Waals surface area contributed by atoms with Crippen molar-refractivity contribution in [1.82, 2.24) is 15.5 Å². The van der Waals surface area contributed by atoms with Crippen molar-refractivity contribution in [3.05, 3.63) is 77.6 Å². The van der Waals surface area contributed by atoms with Crippen LogP contribution in [0.25, 0.3) is 0 Å². The van der Waals surface area contributed by atoms with E-state index in [-0.39, 0.29) is 23.6 Å². The Balaban J connectivity index is 1.51. The van der Waals surface area contributed by atoms with E-state index >= 15 is 0 Å². The van der Waals surface area contributed by atoms with Crippen LogP contribution in [0.4, 0.5) is 5.69 Å². The molecule has 0 fully saturated rings. The maximum absolute atomic E-state index is 12.8. The summed E-state index contributed by atoms with van der Waals surface area (Å²) in [6.07, 6.45) is 0. The first kappa shape index (κ1) is 19.7. The van der Waals surface area contributed by atoms with Gasteiger partial charge in [-0.05, 0) is 23.8 Å². The molecule has 4 rings (SSSR count). The molecule has 0 aliphatic carbocycles. The molecular weight excluding hydrogens is 380 g/mol. The van der Waals surface area contributed by atoms with E-state index in [9.17, 15) is 9.59 Å². The molecule has 2 aromatic carbocycles. The number of fused-ring (bicyclic) bond motifs is 1. The predicted octanol–water partition coefficient (Wildman–Crippen LogP) is 2.89. The number of benzene rings is 2. The quantitative estimate of drug-likeness (QED) is 0.700. The lowest BCUT2D eigenvalue weighted by Crippen LogP contribution is -2.49. The van der Waals surface area contributed by atoms with Crippen molar-refractivity contribution in [2.45, 2.75) is 25.3 Å². The van der Waals surface area contributed by atoms with E-state index in [4.69, 9.17) is 4.74 Å². The second kappa shape index (κ2) is 7.67. The van der Waals surface area contributed by atoms with Crippen LogP contribution < -0.4 is 15.0 Å². The molecule has 7 heteroatoms. The summed E-state index contributed by atoms with van der Waals surface area (Å²) in [4.78, 5) is 27.1. The maximum atomic E-state index is 12.8. The smallest absolute Gasteiger partial charge is 0.272 e. The third-order valence-corrected chi connectivity index (χ3v) is 5.55. The first-order chi connectivity index (χ1) is 14.4. The fourth-order valence-corrected chi connectivity index (χ4v) is 3.56. The number of aromatic nitrogens is 2. The van der Waals surface area contributed by atoms with Crippen LogP contribution in [0.2, 0.25) is 0 Å². The maximum Gasteiger partial charge on any atom is 0.272 e. The zero-order valence-corrected chi connectivity index (χ0v) is 17.2. The van der Waals surface area contributed by atoms with Gasteiger partial charge in [-0.3, -0.25) is 14.7 Å². The molecule has 2 heterocycles. The summed E-state index contributed by atoms with van der Waals surface area (Å²) in [7, 11) is 1.67. The lowest BCUT2D eigenvalue weighted by Gasteiger charge is -2.23. The van der Waals surface area contributed by atoms with Crippen LogP contribution in [-0.4, -0.2) is 41.7 Å². The Morgan fingerprint density at radius 3 is 2.63 bits per heavy atom. The molecule has 2 N–H and O–H groups in total. The Kier molecular flexibility index (Phi) is 5.03. The third-order valence-electron chi connectivity index (χ3n) is 5.55. The number of para-hydroxylation sites is 2. The van der Waals surface area contributed by atoms with Gasteiger partial charge in [0.1, 0.15) is 24.1 Å². The van der Waals surface area contributed by atoms with Crippen molar-refractivity contribution in [3.8, 4) is 5.75 Å². The molecule has 3 aromatic rings. The highest BCUT2D eigenvalue weighted by molar-refractivity contribution is 6.02. The van der Waals surface area contributed by atoms with Crippen LogP contribution in [0.1, 0.15) is 35.6 Å². The number of anilines is 1. The number of H-pyrrole nitrogens is 1. The summed E-state index contributed by atoms with van der Waals surface area (Å²) in [6, 6.07) is 18.2. The highest BCUT2D eigenvalue weighted by Crippen LogP contribution is 2.31. The van der Waals surface area contributed by atoms with Crippen molar-refractivity contribution >= 4 is 17.5 Å². The van der Waals surface area contributed by atoms with E-state index < -0.39 is 11.9 Å². The molecule has 1 aliphatic heterocycles. The molecule has 1 atom stereocenters. The van der Waals surface area contributed by atoms with Gasteiger partial charge in [0.05, 0.1) is 5.69 Å². The van der Waals surface area contributed by atoms with Crippen LogP contribution >= 0.6 is 0 Å². The summed E-state index contributed by atoms with van der Waals surface area (Å²) < 4.78 is 5.75. The minimum absolute atomic E-state index is 0.0543. The molecule has 2 amide bonds. The van der Waals surface area contributed by atoms with Gasteiger partial charge in [0, 0.05) is 18.2 Å². The minimum atomic E-state index is -0.808. The molecule has 0 radical (unpaired) electrons. The number of ether oxygens (including phenoxy) is 1. The van der Waals surface area contributed by atoms with Gasteiger partial charge >= 0.3 is 0 Å². The summed E-state index contributed by atoms with van der Waals surface area (Å²) >= 11 is 0. The van der Waals surface area contributed by atoms with Gasteiger partial charge in [0.2, 0.25) is 0 Å². The normalized spacial score (nSPS) is 16.4. The van der Waals surface area contributed by atoms with Gasteiger partial charge in [-0.25, -0.2) is 0 Å². The SMILES string of the molecule is CN1C(=O)[C@@H](NC(=O)c2cc(C(C)(C)c3ccccc3)[nH]n2)COc2ccccc21. The van der Waals surface area contributed by atoms with Gasteiger partial charge in [0.15, 0.2) is 0 Å². The van der Waals surface area contributed by atoms with E-state index in [1.807, 2.05) is 48.5 Å². The summed E-state index contributed by atoms with van der Waals surface area (Å²) in [6.45, 7) is 4.18. The third kappa shape index (κ3) is 3.54. The van der Waals surface area contributed by atoms with Gasteiger partial charge < -0.3 is 15.0 Å². The second-order valence-corrected chi connectivity index (χ2v) is 7.86. The number of carbonyl (C=O) groups excluding carboxylic acids is 2. The molecule has 154 valence electrons. The molecule has 1 aromatic heterocycles. The van der Waals surface area contributed by atoms with Crippen LogP contribution in [0.15, 0.2) is 60.7 Å². The Labute approximate surface area is 175 Å². The number of rotatable bonds is 4. The summed E-state index contributed by atoms with van der Waals surface area (Å²) in [5, 5.41) is 9.91. The van der Waals surface area contributed by atoms with E-state index in [2.05, 4.69) is 29.4 Å². The second-order valence-electron chi connectivity index (χ2n) is 7.86. The molecule has 1 aliphatic rings. The number of hydrogen-bond acceptors (Lipinski definition) is 4. The van der Waals surface area contributed by atoms with Gasteiger partial charge in [-0.15, -0.1) is 0 Å². The number of aromatic amines is 1. The number of hydrogen-bond donors (Lipinski definition) is 2. The number of likely N-dealkylation sites (N-methyl/N-ethyl adjacent to an activating group) is 1. The van der Waals surface area contributed by atoms with E-state index in [0.717, 1.165) is 11.3 Å². The van der Waals surface area contributed by atoms with Crippen molar-refractivity contribution in [2.75, 3.05) is 18.6 Å². The molecule has 0 saturated heterocycles. The summed E-state index contributed by atoms with van der Waals surface area (Å²) in [5.41, 5.74) is 2.46. The van der Waals surface area contributed by atoms with Crippen LogP contribution in [0, 0.1) is 0 Å². The van der Waals surface area contributed by atoms with Crippen molar-refractivity contribution in [3.63, 3.8) is 0 Å². The van der Waals surface area contributed by atoms with Crippen LogP contribution in [0.5, 0.6) is 5.75 Å². The molecule has 0 bridgehead atoms. The molecule has 0 unspecified atom stereocenters. The zero-order chi connectivity index (χ0) is 21.3. The molecule has 7 nitrogen and oxygen atoms in total. The average molecular weight is 404 g/mol. The fraction of sp³-hybridized carbons (Fsp3) is 0.261. The van der Waals surface area contributed by atoms with Crippen LogP contribution in [0.3, 0.4) is 0 Å². The Hall–Kier alpha value is -3.61. The number of nitrogens with one attached hydrogen (secondary N) is 2. The Bertz CT molecular complexity index is 1070. The largest absolute Gasteiger partial charge is 0.489 e. The lowest BCUT2D eigenvalue weighted by molar-refractivity contribution is -0.120. The molecule has 30 heavy (non-hydrogen) atoms. The predicted molar refractivity (Wildman–Crippen MR) is 114 cm³/mol. The monoisotopic (exact) mass is 404 g/mol. The first-order valence-corrected chi connectivity index (χ1v) is 9.79. The summed E-state index contributed by atoms with van der Waals surface area (Å²) in [5.74, 6) is -0.0619. The van der Waals surface area contributed by atoms with Crippen molar-refractivity contribution in [1.29, 1.82) is 0 Å². The Morgan fingerprint density at radius 2 is 1.87 bits per heavy atom. The number of nitrogens with zero attached hydrogens (tertiary/aromatic N) is 2. The van der Waals surface area contributed by atoms with Crippen molar-refractivity contribution < 1.29 is 14.3 Å². The molecular formula is C23H24N4O3. The van der Waals surface area contributed by atoms with Gasteiger partial charge in [-0.2, -0.15) is 5.10 Å². The van der Waals surface area contributed by atoms with E-state index in [1.54, 1.807) is 19.2 Å². The number of amides is 2. The van der Waals surface area contributed by atoms with Crippen molar-refractivity contribution in [2.24, 2.45) is 0 Å². The van der Waals surface area contributed by atoms with Crippen LogP contribution in [-0.2, 0) is 10.2 Å².